The topological polar surface area (TPSA) is 21.3 Å². The van der Waals surface area contributed by atoms with Crippen LogP contribution in [-0.4, -0.2) is 19.2 Å². The van der Waals surface area contributed by atoms with E-state index in [1.807, 2.05) is 6.92 Å². The van der Waals surface area contributed by atoms with E-state index in [0.29, 0.717) is 24.3 Å². The van der Waals surface area contributed by atoms with Gasteiger partial charge >= 0.3 is 0 Å². The summed E-state index contributed by atoms with van der Waals surface area (Å²) < 4.78 is 18.9. The summed E-state index contributed by atoms with van der Waals surface area (Å²) in [6, 6.07) is 5.67. The van der Waals surface area contributed by atoms with Gasteiger partial charge in [-0.3, -0.25) is 0 Å². The number of nitrogens with one attached hydrogen (secondary N) is 1. The Hall–Kier alpha value is -1.09. The zero-order valence-electron chi connectivity index (χ0n) is 10.5. The molecule has 1 aromatic carbocycles. The molecule has 94 valence electrons. The Morgan fingerprint density at radius 3 is 2.94 bits per heavy atom. The van der Waals surface area contributed by atoms with Gasteiger partial charge in [-0.25, -0.2) is 4.39 Å². The summed E-state index contributed by atoms with van der Waals surface area (Å²) >= 11 is 0. The molecular formula is C14H20FNO. The van der Waals surface area contributed by atoms with Crippen LogP contribution in [0.4, 0.5) is 4.39 Å². The predicted molar refractivity (Wildman–Crippen MR) is 66.8 cm³/mol. The minimum atomic E-state index is -0.280. The van der Waals surface area contributed by atoms with Gasteiger partial charge in [-0.05, 0) is 37.5 Å². The van der Waals surface area contributed by atoms with Gasteiger partial charge in [0, 0.05) is 18.5 Å². The molecule has 1 aliphatic carbocycles. The lowest BCUT2D eigenvalue weighted by Crippen LogP contribution is -2.26. The summed E-state index contributed by atoms with van der Waals surface area (Å²) in [7, 11) is 0. The summed E-state index contributed by atoms with van der Waals surface area (Å²) in [6.45, 7) is 5.55. The van der Waals surface area contributed by atoms with Crippen LogP contribution in [0.5, 0.6) is 5.75 Å². The number of hydrogen-bond acceptors (Lipinski definition) is 2. The van der Waals surface area contributed by atoms with Crippen molar-refractivity contribution in [1.29, 1.82) is 0 Å². The van der Waals surface area contributed by atoms with E-state index < -0.39 is 0 Å². The van der Waals surface area contributed by atoms with Crippen molar-refractivity contribution in [2.45, 2.75) is 32.7 Å². The molecule has 1 unspecified atom stereocenters. The van der Waals surface area contributed by atoms with Gasteiger partial charge < -0.3 is 10.1 Å². The van der Waals surface area contributed by atoms with Gasteiger partial charge in [0.05, 0.1) is 6.61 Å². The molecule has 1 saturated carbocycles. The van der Waals surface area contributed by atoms with E-state index in [1.54, 1.807) is 12.1 Å². The van der Waals surface area contributed by atoms with Gasteiger partial charge in [0.1, 0.15) is 0 Å². The fraction of sp³-hybridized carbons (Fsp3) is 0.571. The molecule has 1 aromatic rings. The number of halogens is 1. The highest BCUT2D eigenvalue weighted by molar-refractivity contribution is 5.29. The lowest BCUT2D eigenvalue weighted by molar-refractivity contribution is 0.245. The molecule has 0 saturated heterocycles. The Balaban J connectivity index is 1.77. The van der Waals surface area contributed by atoms with E-state index in [9.17, 15) is 4.39 Å². The molecule has 17 heavy (non-hydrogen) atoms. The maximum atomic E-state index is 13.4. The summed E-state index contributed by atoms with van der Waals surface area (Å²) in [5.74, 6) is 0.483. The van der Waals surface area contributed by atoms with Crippen molar-refractivity contribution in [1.82, 2.24) is 5.32 Å². The van der Waals surface area contributed by atoms with E-state index in [1.165, 1.54) is 18.9 Å². The molecule has 0 amide bonds. The maximum absolute atomic E-state index is 13.4. The molecular weight excluding hydrogens is 217 g/mol. The van der Waals surface area contributed by atoms with E-state index in [0.717, 1.165) is 12.1 Å². The van der Waals surface area contributed by atoms with E-state index >= 15 is 0 Å². The van der Waals surface area contributed by atoms with Crippen LogP contribution in [0.3, 0.4) is 0 Å². The number of aryl methyl sites for hydroxylation is 1. The Labute approximate surface area is 102 Å². The molecule has 0 aliphatic heterocycles. The third-order valence-corrected chi connectivity index (χ3v) is 2.94. The predicted octanol–water partition coefficient (Wildman–Crippen LogP) is 2.90. The van der Waals surface area contributed by atoms with Crippen molar-refractivity contribution in [3.63, 3.8) is 0 Å². The average molecular weight is 237 g/mol. The molecule has 2 nitrogen and oxygen atoms in total. The smallest absolute Gasteiger partial charge is 0.165 e. The first-order chi connectivity index (χ1) is 8.15. The average Bonchev–Trinajstić information content (AvgIpc) is 3.11. The van der Waals surface area contributed by atoms with E-state index in [-0.39, 0.29) is 5.82 Å². The Kier molecular flexibility index (Phi) is 4.00. The van der Waals surface area contributed by atoms with Crippen LogP contribution in [-0.2, 0) is 0 Å². The molecule has 1 fully saturated rings. The normalized spacial score (nSPS) is 16.9. The van der Waals surface area contributed by atoms with E-state index in [2.05, 4.69) is 12.2 Å². The molecule has 0 aromatic heterocycles. The Morgan fingerprint density at radius 2 is 2.24 bits per heavy atom. The number of ether oxygens (including phenoxy) is 1. The second-order valence-corrected chi connectivity index (χ2v) is 5.03. The number of rotatable bonds is 6. The lowest BCUT2D eigenvalue weighted by Gasteiger charge is -2.14. The maximum Gasteiger partial charge on any atom is 0.165 e. The minimum Gasteiger partial charge on any atom is -0.490 e. The standard InChI is InChI=1S/C14H20FNO/c1-10-3-6-13(15)14(7-10)17-9-11(2)8-16-12-4-5-12/h3,6-7,11-12,16H,4-5,8-9H2,1-2H3. The highest BCUT2D eigenvalue weighted by atomic mass is 19.1. The molecule has 2 rings (SSSR count). The number of hydrogen-bond donors (Lipinski definition) is 1. The molecule has 1 aliphatic rings. The van der Waals surface area contributed by atoms with Crippen molar-refractivity contribution in [3.8, 4) is 5.75 Å². The van der Waals surface area contributed by atoms with Crippen molar-refractivity contribution < 1.29 is 9.13 Å². The van der Waals surface area contributed by atoms with E-state index in [4.69, 9.17) is 4.74 Å². The Morgan fingerprint density at radius 1 is 1.47 bits per heavy atom. The summed E-state index contributed by atoms with van der Waals surface area (Å²) in [5.41, 5.74) is 1.02. The summed E-state index contributed by atoms with van der Waals surface area (Å²) in [4.78, 5) is 0. The first kappa shape index (κ1) is 12.4. The quantitative estimate of drug-likeness (QED) is 0.821. The van der Waals surface area contributed by atoms with Gasteiger partial charge in [-0.15, -0.1) is 0 Å². The second kappa shape index (κ2) is 5.50. The molecule has 0 bridgehead atoms. The van der Waals surface area contributed by atoms with Crippen LogP contribution >= 0.6 is 0 Å². The minimum absolute atomic E-state index is 0.280. The van der Waals surface area contributed by atoms with Gasteiger partial charge in [-0.2, -0.15) is 0 Å². The van der Waals surface area contributed by atoms with Crippen LogP contribution in [0, 0.1) is 18.7 Å². The fourth-order valence-corrected chi connectivity index (χ4v) is 1.67. The lowest BCUT2D eigenvalue weighted by atomic mass is 10.2. The third-order valence-electron chi connectivity index (χ3n) is 2.94. The van der Waals surface area contributed by atoms with Crippen molar-refractivity contribution >= 4 is 0 Å². The van der Waals surface area contributed by atoms with Crippen molar-refractivity contribution in [3.05, 3.63) is 29.6 Å². The third kappa shape index (κ3) is 4.00. The first-order valence-corrected chi connectivity index (χ1v) is 6.27. The van der Waals surface area contributed by atoms with Crippen LogP contribution in [0.15, 0.2) is 18.2 Å². The zero-order chi connectivity index (χ0) is 12.3. The van der Waals surface area contributed by atoms with Gasteiger partial charge in [-0.1, -0.05) is 13.0 Å². The monoisotopic (exact) mass is 237 g/mol. The fourth-order valence-electron chi connectivity index (χ4n) is 1.67. The largest absolute Gasteiger partial charge is 0.490 e. The first-order valence-electron chi connectivity index (χ1n) is 6.27. The SMILES string of the molecule is Cc1ccc(F)c(OCC(C)CNC2CC2)c1. The molecule has 3 heteroatoms. The molecule has 0 radical (unpaired) electrons. The second-order valence-electron chi connectivity index (χ2n) is 5.03. The van der Waals surface area contributed by atoms with Gasteiger partial charge in [0.2, 0.25) is 0 Å². The van der Waals surface area contributed by atoms with Crippen LogP contribution in [0.1, 0.15) is 25.3 Å². The highest BCUT2D eigenvalue weighted by Crippen LogP contribution is 2.20. The van der Waals surface area contributed by atoms with Gasteiger partial charge in [0.25, 0.3) is 0 Å². The molecule has 1 N–H and O–H groups in total. The summed E-state index contributed by atoms with van der Waals surface area (Å²) in [6.07, 6.45) is 2.58. The van der Waals surface area contributed by atoms with Crippen LogP contribution < -0.4 is 10.1 Å². The summed E-state index contributed by atoms with van der Waals surface area (Å²) in [5, 5.41) is 3.44. The Bertz CT molecular complexity index is 376. The highest BCUT2D eigenvalue weighted by Gasteiger charge is 2.20. The molecule has 1 atom stereocenters. The van der Waals surface area contributed by atoms with Crippen molar-refractivity contribution in [2.24, 2.45) is 5.92 Å². The van der Waals surface area contributed by atoms with Gasteiger partial charge in [0.15, 0.2) is 11.6 Å². The molecule has 0 heterocycles. The van der Waals surface area contributed by atoms with Crippen molar-refractivity contribution in [2.75, 3.05) is 13.2 Å². The van der Waals surface area contributed by atoms with Crippen LogP contribution in [0.2, 0.25) is 0 Å². The number of benzene rings is 1. The van der Waals surface area contributed by atoms with Crippen LogP contribution in [0.25, 0.3) is 0 Å². The zero-order valence-corrected chi connectivity index (χ0v) is 10.5. The molecule has 0 spiro atoms.